The minimum atomic E-state index is -0.890. The highest BCUT2D eigenvalue weighted by Gasteiger charge is 2.16. The van der Waals surface area contributed by atoms with Crippen molar-refractivity contribution in [2.24, 2.45) is 0 Å². The van der Waals surface area contributed by atoms with E-state index in [-0.39, 0.29) is 0 Å². The zero-order valence-corrected chi connectivity index (χ0v) is 10.4. The van der Waals surface area contributed by atoms with E-state index in [0.717, 1.165) is 5.56 Å². The molecule has 0 spiro atoms. The number of aromatic nitrogens is 1. The quantitative estimate of drug-likeness (QED) is 0.871. The number of rotatable bonds is 3. The van der Waals surface area contributed by atoms with E-state index in [9.17, 15) is 5.11 Å². The predicted molar refractivity (Wildman–Crippen MR) is 70.4 cm³/mol. The lowest BCUT2D eigenvalue weighted by atomic mass is 9.98. The Balaban J connectivity index is 2.22. The van der Waals surface area contributed by atoms with Crippen LogP contribution in [0.1, 0.15) is 19.4 Å². The summed E-state index contributed by atoms with van der Waals surface area (Å²) in [5.41, 5.74) is 5.41. The van der Waals surface area contributed by atoms with Crippen molar-refractivity contribution in [3.63, 3.8) is 0 Å². The number of pyridine rings is 1. The Hall–Kier alpha value is -2.07. The molecule has 0 atom stereocenters. The van der Waals surface area contributed by atoms with E-state index in [4.69, 9.17) is 10.5 Å². The van der Waals surface area contributed by atoms with Crippen LogP contribution in [0.2, 0.25) is 0 Å². The van der Waals surface area contributed by atoms with Crippen LogP contribution in [0.3, 0.4) is 0 Å². The van der Waals surface area contributed by atoms with E-state index in [1.54, 1.807) is 38.2 Å². The average molecular weight is 244 g/mol. The number of nitrogens with zero attached hydrogens (tertiary/aromatic N) is 1. The molecule has 4 heteroatoms. The Kier molecular flexibility index (Phi) is 3.21. The molecule has 0 fully saturated rings. The number of hydrogen-bond acceptors (Lipinski definition) is 4. The first-order valence-electron chi connectivity index (χ1n) is 5.67. The van der Waals surface area contributed by atoms with Crippen LogP contribution >= 0.6 is 0 Å². The van der Waals surface area contributed by atoms with Crippen molar-refractivity contribution in [3.8, 4) is 11.5 Å². The summed E-state index contributed by atoms with van der Waals surface area (Å²) in [6.07, 6.45) is 1.56. The maximum Gasteiger partial charge on any atom is 0.145 e. The predicted octanol–water partition coefficient (Wildman–Crippen LogP) is 2.68. The van der Waals surface area contributed by atoms with E-state index in [1.165, 1.54) is 0 Å². The van der Waals surface area contributed by atoms with Crippen molar-refractivity contribution in [3.05, 3.63) is 48.2 Å². The van der Waals surface area contributed by atoms with E-state index < -0.39 is 5.60 Å². The topological polar surface area (TPSA) is 68.4 Å². The highest BCUT2D eigenvalue weighted by Crippen LogP contribution is 2.26. The van der Waals surface area contributed by atoms with Gasteiger partial charge in [-0.1, -0.05) is 12.1 Å². The highest BCUT2D eigenvalue weighted by atomic mass is 16.5. The summed E-state index contributed by atoms with van der Waals surface area (Å²) in [6, 6.07) is 10.7. The lowest BCUT2D eigenvalue weighted by molar-refractivity contribution is 0.0784. The molecule has 0 radical (unpaired) electrons. The molecule has 94 valence electrons. The largest absolute Gasteiger partial charge is 0.456 e. The molecule has 2 aromatic rings. The van der Waals surface area contributed by atoms with Gasteiger partial charge in [0, 0.05) is 0 Å². The molecule has 0 saturated carbocycles. The lowest BCUT2D eigenvalue weighted by Crippen LogP contribution is -2.15. The van der Waals surface area contributed by atoms with E-state index in [2.05, 4.69) is 4.98 Å². The van der Waals surface area contributed by atoms with Gasteiger partial charge in [0.25, 0.3) is 0 Å². The average Bonchev–Trinajstić information content (AvgIpc) is 2.31. The van der Waals surface area contributed by atoms with Gasteiger partial charge >= 0.3 is 0 Å². The second kappa shape index (κ2) is 4.66. The molecule has 0 saturated heterocycles. The van der Waals surface area contributed by atoms with Crippen LogP contribution in [0.5, 0.6) is 11.5 Å². The van der Waals surface area contributed by atoms with Crippen molar-refractivity contribution in [2.75, 3.05) is 5.73 Å². The number of aliphatic hydroxyl groups is 1. The zero-order valence-electron chi connectivity index (χ0n) is 10.4. The van der Waals surface area contributed by atoms with Crippen molar-refractivity contribution < 1.29 is 9.84 Å². The minimum absolute atomic E-state index is 0.451. The molecule has 3 N–H and O–H groups in total. The van der Waals surface area contributed by atoms with Gasteiger partial charge in [0.15, 0.2) is 0 Å². The second-order valence-corrected chi connectivity index (χ2v) is 4.61. The fraction of sp³-hybridized carbons (Fsp3) is 0.214. The van der Waals surface area contributed by atoms with Crippen LogP contribution in [0.25, 0.3) is 0 Å². The maximum absolute atomic E-state index is 9.93. The Morgan fingerprint density at radius 1 is 1.17 bits per heavy atom. The van der Waals surface area contributed by atoms with Gasteiger partial charge in [-0.3, -0.25) is 0 Å². The second-order valence-electron chi connectivity index (χ2n) is 4.61. The van der Waals surface area contributed by atoms with Gasteiger partial charge in [-0.05, 0) is 43.7 Å². The van der Waals surface area contributed by atoms with Gasteiger partial charge in [-0.25, -0.2) is 4.98 Å². The molecule has 0 aliphatic carbocycles. The van der Waals surface area contributed by atoms with Crippen molar-refractivity contribution in [1.29, 1.82) is 0 Å². The van der Waals surface area contributed by atoms with Gasteiger partial charge < -0.3 is 15.6 Å². The van der Waals surface area contributed by atoms with E-state index >= 15 is 0 Å². The molecular weight excluding hydrogens is 228 g/mol. The number of nitrogen functional groups attached to an aromatic ring is 1. The fourth-order valence-corrected chi connectivity index (χ4v) is 1.53. The maximum atomic E-state index is 9.93. The first-order valence-corrected chi connectivity index (χ1v) is 5.67. The molecule has 1 aromatic carbocycles. The van der Waals surface area contributed by atoms with Crippen LogP contribution in [-0.2, 0) is 5.60 Å². The first-order chi connectivity index (χ1) is 8.45. The number of ether oxygens (including phenoxy) is 1. The Morgan fingerprint density at radius 3 is 2.56 bits per heavy atom. The van der Waals surface area contributed by atoms with Crippen LogP contribution < -0.4 is 10.5 Å². The number of hydrogen-bond donors (Lipinski definition) is 2. The van der Waals surface area contributed by atoms with Gasteiger partial charge in [-0.2, -0.15) is 0 Å². The van der Waals surface area contributed by atoms with Crippen molar-refractivity contribution in [1.82, 2.24) is 4.98 Å². The molecule has 1 aromatic heterocycles. The van der Waals surface area contributed by atoms with Gasteiger partial charge in [0.1, 0.15) is 17.3 Å². The SMILES string of the molecule is CC(C)(O)c1cccc(Oc2ccc(N)nc2)c1. The summed E-state index contributed by atoms with van der Waals surface area (Å²) in [4.78, 5) is 3.95. The molecule has 2 rings (SSSR count). The highest BCUT2D eigenvalue weighted by molar-refractivity contribution is 5.37. The Morgan fingerprint density at radius 2 is 1.94 bits per heavy atom. The fourth-order valence-electron chi connectivity index (χ4n) is 1.53. The molecule has 0 bridgehead atoms. The third-order valence-corrected chi connectivity index (χ3v) is 2.54. The summed E-state index contributed by atoms with van der Waals surface area (Å²) >= 11 is 0. The van der Waals surface area contributed by atoms with Gasteiger partial charge in [0.2, 0.25) is 0 Å². The summed E-state index contributed by atoms with van der Waals surface area (Å²) in [5, 5.41) is 9.93. The summed E-state index contributed by atoms with van der Waals surface area (Å²) < 4.78 is 5.64. The molecule has 0 aliphatic rings. The molecule has 0 unspecified atom stereocenters. The van der Waals surface area contributed by atoms with Crippen LogP contribution in [0.4, 0.5) is 5.82 Å². The third-order valence-electron chi connectivity index (χ3n) is 2.54. The van der Waals surface area contributed by atoms with Gasteiger partial charge in [0.05, 0.1) is 11.8 Å². The summed E-state index contributed by atoms with van der Waals surface area (Å²) in [7, 11) is 0. The smallest absolute Gasteiger partial charge is 0.145 e. The first kappa shape index (κ1) is 12.4. The molecule has 1 heterocycles. The Labute approximate surface area is 106 Å². The van der Waals surface area contributed by atoms with Crippen LogP contribution in [0, 0.1) is 0 Å². The number of nitrogens with two attached hydrogens (primary N) is 1. The normalized spacial score (nSPS) is 11.3. The van der Waals surface area contributed by atoms with Crippen LogP contribution in [-0.4, -0.2) is 10.1 Å². The minimum Gasteiger partial charge on any atom is -0.456 e. The third kappa shape index (κ3) is 2.99. The number of anilines is 1. The number of benzene rings is 1. The van der Waals surface area contributed by atoms with Crippen molar-refractivity contribution >= 4 is 5.82 Å². The van der Waals surface area contributed by atoms with E-state index in [1.807, 2.05) is 18.2 Å². The van der Waals surface area contributed by atoms with Gasteiger partial charge in [-0.15, -0.1) is 0 Å². The molecule has 0 aliphatic heterocycles. The Bertz CT molecular complexity index is 530. The van der Waals surface area contributed by atoms with Crippen molar-refractivity contribution in [2.45, 2.75) is 19.4 Å². The monoisotopic (exact) mass is 244 g/mol. The molecule has 4 nitrogen and oxygen atoms in total. The molecule has 0 amide bonds. The summed E-state index contributed by atoms with van der Waals surface area (Å²) in [5.74, 6) is 1.71. The lowest BCUT2D eigenvalue weighted by Gasteiger charge is -2.18. The zero-order chi connectivity index (χ0) is 13.2. The summed E-state index contributed by atoms with van der Waals surface area (Å²) in [6.45, 7) is 3.47. The molecule has 18 heavy (non-hydrogen) atoms. The molecular formula is C14H16N2O2. The standard InChI is InChI=1S/C14H16N2O2/c1-14(2,17)10-4-3-5-11(8-10)18-12-6-7-13(15)16-9-12/h3-9,17H,1-2H3,(H2,15,16). The van der Waals surface area contributed by atoms with E-state index in [0.29, 0.717) is 17.3 Å². The van der Waals surface area contributed by atoms with Crippen LogP contribution in [0.15, 0.2) is 42.6 Å².